The largest absolute Gasteiger partial charge is 0.489 e. The predicted molar refractivity (Wildman–Crippen MR) is 52.0 cm³/mol. The van der Waals surface area contributed by atoms with Gasteiger partial charge in [-0.2, -0.15) is 0 Å². The van der Waals surface area contributed by atoms with Crippen LogP contribution in [-0.4, -0.2) is 6.10 Å². The standard InChI is InChI=1S/C12H12O/c1-3-7-11-9(5-1)10-6-2-4-8-12(10)13-11/h1-3,5-7,10,12H,4,8H2/t10-,12-/m1/s1/i4D/t4-,10+,12+/m0. The molecule has 0 saturated carbocycles. The van der Waals surface area contributed by atoms with E-state index >= 15 is 0 Å². The average molecular weight is 173 g/mol. The minimum Gasteiger partial charge on any atom is -0.489 e. The number of fused-ring (bicyclic) bond motifs is 3. The number of ether oxygens (including phenoxy) is 1. The van der Waals surface area contributed by atoms with Crippen molar-refractivity contribution in [3.8, 4) is 5.75 Å². The number of allylic oxidation sites excluding steroid dienone is 1. The SMILES string of the molecule is [2H][C@H]1C=C[C@@H]2c3ccccc3O[C@@H]2C1. The summed E-state index contributed by atoms with van der Waals surface area (Å²) >= 11 is 0. The van der Waals surface area contributed by atoms with Crippen LogP contribution >= 0.6 is 0 Å². The van der Waals surface area contributed by atoms with Gasteiger partial charge in [0.25, 0.3) is 0 Å². The van der Waals surface area contributed by atoms with Crippen LogP contribution in [0, 0.1) is 0 Å². The van der Waals surface area contributed by atoms with Gasteiger partial charge in [-0.05, 0) is 18.9 Å². The molecule has 0 aromatic heterocycles. The fourth-order valence-corrected chi connectivity index (χ4v) is 2.13. The average Bonchev–Trinajstić information content (AvgIpc) is 2.54. The second-order valence-electron chi connectivity index (χ2n) is 3.58. The molecule has 1 aromatic carbocycles. The minimum absolute atomic E-state index is 0.0921. The van der Waals surface area contributed by atoms with Crippen molar-refractivity contribution >= 4 is 0 Å². The van der Waals surface area contributed by atoms with E-state index in [1.807, 2.05) is 24.3 Å². The summed E-state index contributed by atoms with van der Waals surface area (Å²) in [4.78, 5) is 0. The molecular formula is C12H12O. The maximum absolute atomic E-state index is 7.66. The molecule has 13 heavy (non-hydrogen) atoms. The number of benzene rings is 1. The van der Waals surface area contributed by atoms with Crippen LogP contribution in [0.2, 0.25) is 0 Å². The van der Waals surface area contributed by atoms with Gasteiger partial charge in [-0.1, -0.05) is 30.4 Å². The van der Waals surface area contributed by atoms with Crippen molar-refractivity contribution in [1.29, 1.82) is 0 Å². The topological polar surface area (TPSA) is 9.23 Å². The van der Waals surface area contributed by atoms with Gasteiger partial charge in [-0.15, -0.1) is 0 Å². The molecule has 1 heteroatoms. The quantitative estimate of drug-likeness (QED) is 0.548. The van der Waals surface area contributed by atoms with Crippen LogP contribution < -0.4 is 4.74 Å². The van der Waals surface area contributed by atoms with Gasteiger partial charge in [0.05, 0.1) is 0 Å². The Bertz CT molecular complexity index is 386. The molecule has 0 amide bonds. The molecule has 0 unspecified atom stereocenters. The van der Waals surface area contributed by atoms with Crippen molar-refractivity contribution in [2.75, 3.05) is 0 Å². The monoisotopic (exact) mass is 173 g/mol. The normalized spacial score (nSPS) is 36.0. The van der Waals surface area contributed by atoms with Crippen LogP contribution in [0.25, 0.3) is 0 Å². The fraction of sp³-hybridized carbons (Fsp3) is 0.333. The molecule has 0 spiro atoms. The maximum Gasteiger partial charge on any atom is 0.123 e. The zero-order chi connectivity index (χ0) is 9.54. The zero-order valence-corrected chi connectivity index (χ0v) is 7.31. The van der Waals surface area contributed by atoms with Crippen LogP contribution in [0.4, 0.5) is 0 Å². The minimum atomic E-state index is -0.0921. The molecule has 1 heterocycles. The first kappa shape index (κ1) is 6.25. The van der Waals surface area contributed by atoms with Crippen LogP contribution in [0.1, 0.15) is 25.7 Å². The summed E-state index contributed by atoms with van der Waals surface area (Å²) in [6.07, 6.45) is 5.02. The lowest BCUT2D eigenvalue weighted by atomic mass is 9.89. The molecule has 66 valence electrons. The molecule has 0 N–H and O–H groups in total. The summed E-state index contributed by atoms with van der Waals surface area (Å²) in [5, 5.41) is 0. The molecule has 0 saturated heterocycles. The second-order valence-corrected chi connectivity index (χ2v) is 3.58. The first-order valence-corrected chi connectivity index (χ1v) is 4.71. The van der Waals surface area contributed by atoms with E-state index < -0.39 is 0 Å². The van der Waals surface area contributed by atoms with E-state index in [2.05, 4.69) is 12.1 Å². The van der Waals surface area contributed by atoms with Crippen molar-refractivity contribution in [3.63, 3.8) is 0 Å². The number of hydrogen-bond acceptors (Lipinski definition) is 1. The number of para-hydroxylation sites is 1. The fourth-order valence-electron chi connectivity index (χ4n) is 2.13. The van der Waals surface area contributed by atoms with Gasteiger partial charge in [0.1, 0.15) is 11.9 Å². The molecule has 0 bridgehead atoms. The molecule has 1 nitrogen and oxygen atoms in total. The summed E-state index contributed by atoms with van der Waals surface area (Å²) in [6.45, 7) is 0. The molecule has 0 fully saturated rings. The van der Waals surface area contributed by atoms with Gasteiger partial charge in [-0.25, -0.2) is 0 Å². The van der Waals surface area contributed by atoms with Crippen molar-refractivity contribution in [2.24, 2.45) is 0 Å². The van der Waals surface area contributed by atoms with Gasteiger partial charge >= 0.3 is 0 Å². The van der Waals surface area contributed by atoms with E-state index in [1.165, 1.54) is 5.56 Å². The van der Waals surface area contributed by atoms with E-state index in [0.717, 1.165) is 12.2 Å². The van der Waals surface area contributed by atoms with Crippen LogP contribution in [0.3, 0.4) is 0 Å². The lowest BCUT2D eigenvalue weighted by Gasteiger charge is -2.18. The summed E-state index contributed by atoms with van der Waals surface area (Å²) in [5.41, 5.74) is 1.28. The highest BCUT2D eigenvalue weighted by atomic mass is 16.5. The first-order valence-electron chi connectivity index (χ1n) is 5.28. The molecule has 3 rings (SSSR count). The van der Waals surface area contributed by atoms with E-state index in [4.69, 9.17) is 6.11 Å². The van der Waals surface area contributed by atoms with E-state index in [1.54, 1.807) is 0 Å². The highest BCUT2D eigenvalue weighted by molar-refractivity contribution is 5.44. The van der Waals surface area contributed by atoms with Gasteiger partial charge in [0, 0.05) is 12.9 Å². The smallest absolute Gasteiger partial charge is 0.123 e. The Balaban J connectivity index is 2.03. The summed E-state index contributed by atoms with van der Waals surface area (Å²) in [7, 11) is 0. The second kappa shape index (κ2) is 2.63. The third-order valence-corrected chi connectivity index (χ3v) is 2.78. The molecular weight excluding hydrogens is 160 g/mol. The Hall–Kier alpha value is -1.24. The van der Waals surface area contributed by atoms with E-state index in [0.29, 0.717) is 5.92 Å². The highest BCUT2D eigenvalue weighted by Gasteiger charge is 2.32. The van der Waals surface area contributed by atoms with Gasteiger partial charge in [0.2, 0.25) is 0 Å². The molecule has 3 atom stereocenters. The van der Waals surface area contributed by atoms with E-state index in [-0.39, 0.29) is 12.5 Å². The third-order valence-electron chi connectivity index (χ3n) is 2.78. The Morgan fingerprint density at radius 3 is 3.31 bits per heavy atom. The highest BCUT2D eigenvalue weighted by Crippen LogP contribution is 2.42. The van der Waals surface area contributed by atoms with E-state index in [9.17, 15) is 0 Å². The summed E-state index contributed by atoms with van der Waals surface area (Å²) in [5.74, 6) is 1.38. The Morgan fingerprint density at radius 1 is 1.38 bits per heavy atom. The Morgan fingerprint density at radius 2 is 2.31 bits per heavy atom. The first-order chi connectivity index (χ1) is 6.84. The van der Waals surface area contributed by atoms with Crippen LogP contribution in [-0.2, 0) is 0 Å². The van der Waals surface area contributed by atoms with Crippen molar-refractivity contribution < 1.29 is 6.11 Å². The van der Waals surface area contributed by atoms with Crippen LogP contribution in [0.15, 0.2) is 36.4 Å². The number of rotatable bonds is 0. The van der Waals surface area contributed by atoms with Gasteiger partial charge in [-0.3, -0.25) is 0 Å². The van der Waals surface area contributed by atoms with Crippen molar-refractivity contribution in [2.45, 2.75) is 24.8 Å². The summed E-state index contributed by atoms with van der Waals surface area (Å²) in [6, 6.07) is 8.18. The summed E-state index contributed by atoms with van der Waals surface area (Å²) < 4.78 is 13.5. The Kier molecular flexibility index (Phi) is 1.26. The molecule has 1 aliphatic carbocycles. The molecule has 1 aliphatic heterocycles. The third kappa shape index (κ3) is 0.998. The lowest BCUT2D eigenvalue weighted by molar-refractivity contribution is 0.204. The Labute approximate surface area is 79.4 Å². The predicted octanol–water partition coefficient (Wildman–Crippen LogP) is 2.88. The molecule has 0 radical (unpaired) electrons. The zero-order valence-electron chi connectivity index (χ0n) is 8.31. The molecule has 2 aliphatic rings. The van der Waals surface area contributed by atoms with Crippen molar-refractivity contribution in [3.05, 3.63) is 42.0 Å². The lowest BCUT2D eigenvalue weighted by Crippen LogP contribution is -2.19. The van der Waals surface area contributed by atoms with Crippen LogP contribution in [0.5, 0.6) is 5.75 Å². The maximum atomic E-state index is 7.66. The van der Waals surface area contributed by atoms with Crippen molar-refractivity contribution in [1.82, 2.24) is 0 Å². The number of hydrogen-bond donors (Lipinski definition) is 0. The van der Waals surface area contributed by atoms with Gasteiger partial charge < -0.3 is 4.74 Å². The molecule has 1 aromatic rings. The van der Waals surface area contributed by atoms with Gasteiger partial charge in [0.15, 0.2) is 0 Å².